The number of ether oxygens (including phenoxy) is 1. The second-order valence-electron chi connectivity index (χ2n) is 4.91. The monoisotopic (exact) mass is 299 g/mol. The van der Waals surface area contributed by atoms with Crippen LogP contribution in [-0.2, 0) is 12.4 Å². The molecule has 0 fully saturated rings. The van der Waals surface area contributed by atoms with Gasteiger partial charge in [-0.05, 0) is 26.2 Å². The fraction of sp³-hybridized carbons (Fsp3) is 0.538. The Balaban J connectivity index is 2.55. The van der Waals surface area contributed by atoms with Gasteiger partial charge in [0.15, 0.2) is 5.65 Å². The minimum atomic E-state index is 0.0964. The average Bonchev–Trinajstić information content (AvgIpc) is 2.75. The summed E-state index contributed by atoms with van der Waals surface area (Å²) in [4.78, 5) is 9.02. The molecule has 0 aliphatic rings. The van der Waals surface area contributed by atoms with E-state index in [9.17, 15) is 0 Å². The van der Waals surface area contributed by atoms with Crippen molar-refractivity contribution in [3.8, 4) is 5.88 Å². The Hall–Kier alpha value is -0.940. The van der Waals surface area contributed by atoms with Crippen LogP contribution in [0, 0.1) is 0 Å². The van der Waals surface area contributed by atoms with Crippen LogP contribution in [0.4, 0.5) is 0 Å². The van der Waals surface area contributed by atoms with Crippen LogP contribution >= 0.6 is 23.4 Å². The van der Waals surface area contributed by atoms with Gasteiger partial charge in [0.2, 0.25) is 5.88 Å². The second kappa shape index (κ2) is 5.59. The van der Waals surface area contributed by atoms with E-state index >= 15 is 0 Å². The third-order valence-corrected chi connectivity index (χ3v) is 4.54. The van der Waals surface area contributed by atoms with E-state index in [-0.39, 0.29) is 4.75 Å². The van der Waals surface area contributed by atoms with Gasteiger partial charge in [-0.3, -0.25) is 0 Å². The number of pyridine rings is 1. The van der Waals surface area contributed by atoms with E-state index in [0.29, 0.717) is 11.8 Å². The van der Waals surface area contributed by atoms with Crippen molar-refractivity contribution in [3.05, 3.63) is 18.0 Å². The Bertz CT molecular complexity index is 583. The lowest BCUT2D eigenvalue weighted by Gasteiger charge is -2.23. The zero-order valence-corrected chi connectivity index (χ0v) is 13.2. The van der Waals surface area contributed by atoms with Crippen molar-refractivity contribution >= 4 is 34.5 Å². The Morgan fingerprint density at radius 3 is 2.68 bits per heavy atom. The van der Waals surface area contributed by atoms with E-state index in [1.165, 1.54) is 0 Å². The summed E-state index contributed by atoms with van der Waals surface area (Å²) in [5.41, 5.74) is 1.69. The molecule has 2 heterocycles. The first-order valence-electron chi connectivity index (χ1n) is 6.02. The van der Waals surface area contributed by atoms with Crippen molar-refractivity contribution in [1.29, 1.82) is 0 Å². The molecule has 0 amide bonds. The van der Waals surface area contributed by atoms with Crippen LogP contribution in [0.3, 0.4) is 0 Å². The summed E-state index contributed by atoms with van der Waals surface area (Å²) in [7, 11) is 1.61. The molecule has 2 aromatic heterocycles. The SMILES string of the molecule is COc1ccc2nc(CCl)n(CC(C)(C)SC)c2n1. The quantitative estimate of drug-likeness (QED) is 0.794. The summed E-state index contributed by atoms with van der Waals surface area (Å²) in [6.07, 6.45) is 2.10. The van der Waals surface area contributed by atoms with Crippen LogP contribution in [0.15, 0.2) is 12.1 Å². The van der Waals surface area contributed by atoms with Crippen molar-refractivity contribution in [1.82, 2.24) is 14.5 Å². The van der Waals surface area contributed by atoms with E-state index in [1.807, 2.05) is 23.9 Å². The number of fused-ring (bicyclic) bond motifs is 1. The molecule has 0 unspecified atom stereocenters. The maximum atomic E-state index is 6.00. The second-order valence-corrected chi connectivity index (χ2v) is 6.69. The number of nitrogens with zero attached hydrogens (tertiary/aromatic N) is 3. The molecule has 0 aromatic carbocycles. The maximum absolute atomic E-state index is 6.00. The molecular formula is C13H18ClN3OS. The number of halogens is 1. The Morgan fingerprint density at radius 1 is 1.37 bits per heavy atom. The van der Waals surface area contributed by atoms with Crippen molar-refractivity contribution in [2.24, 2.45) is 0 Å². The van der Waals surface area contributed by atoms with Gasteiger partial charge < -0.3 is 9.30 Å². The Morgan fingerprint density at radius 2 is 2.11 bits per heavy atom. The van der Waals surface area contributed by atoms with Gasteiger partial charge >= 0.3 is 0 Å². The summed E-state index contributed by atoms with van der Waals surface area (Å²) in [6, 6.07) is 3.73. The molecule has 0 aliphatic carbocycles. The van der Waals surface area contributed by atoms with Crippen molar-refractivity contribution in [3.63, 3.8) is 0 Å². The summed E-state index contributed by atoms with van der Waals surface area (Å²) in [5, 5.41) is 0. The predicted molar refractivity (Wildman–Crippen MR) is 81.2 cm³/mol. The van der Waals surface area contributed by atoms with Crippen LogP contribution in [-0.4, -0.2) is 32.6 Å². The van der Waals surface area contributed by atoms with Crippen LogP contribution < -0.4 is 4.74 Å². The van der Waals surface area contributed by atoms with Gasteiger partial charge in [-0.15, -0.1) is 11.6 Å². The fourth-order valence-corrected chi connectivity index (χ4v) is 2.32. The molecule has 0 aliphatic heterocycles. The van der Waals surface area contributed by atoms with Crippen molar-refractivity contribution < 1.29 is 4.74 Å². The maximum Gasteiger partial charge on any atom is 0.215 e. The third kappa shape index (κ3) is 2.98. The highest BCUT2D eigenvalue weighted by atomic mass is 35.5. The lowest BCUT2D eigenvalue weighted by Crippen LogP contribution is -2.23. The van der Waals surface area contributed by atoms with Gasteiger partial charge in [-0.25, -0.2) is 4.98 Å². The van der Waals surface area contributed by atoms with Crippen LogP contribution in [0.1, 0.15) is 19.7 Å². The van der Waals surface area contributed by atoms with Gasteiger partial charge in [0, 0.05) is 17.4 Å². The number of alkyl halides is 1. The summed E-state index contributed by atoms with van der Waals surface area (Å²) in [5.74, 6) is 1.82. The minimum Gasteiger partial charge on any atom is -0.481 e. The number of methoxy groups -OCH3 is 1. The molecule has 6 heteroatoms. The van der Waals surface area contributed by atoms with Gasteiger partial charge in [0.1, 0.15) is 11.3 Å². The molecule has 19 heavy (non-hydrogen) atoms. The molecule has 0 atom stereocenters. The van der Waals surface area contributed by atoms with Gasteiger partial charge in [0.05, 0.1) is 13.0 Å². The number of imidazole rings is 1. The molecule has 104 valence electrons. The average molecular weight is 300 g/mol. The predicted octanol–water partition coefficient (Wildman–Crippen LogP) is 3.32. The molecule has 2 rings (SSSR count). The fourth-order valence-electron chi connectivity index (χ4n) is 1.86. The summed E-state index contributed by atoms with van der Waals surface area (Å²) >= 11 is 7.81. The minimum absolute atomic E-state index is 0.0964. The van der Waals surface area contributed by atoms with Gasteiger partial charge in [0.25, 0.3) is 0 Å². The zero-order valence-electron chi connectivity index (χ0n) is 11.6. The van der Waals surface area contributed by atoms with E-state index < -0.39 is 0 Å². The Labute approximate surface area is 122 Å². The first-order valence-corrected chi connectivity index (χ1v) is 7.78. The largest absolute Gasteiger partial charge is 0.481 e. The molecule has 2 aromatic rings. The van der Waals surface area contributed by atoms with E-state index in [2.05, 4.69) is 34.6 Å². The molecule has 0 spiro atoms. The van der Waals surface area contributed by atoms with Crippen LogP contribution in [0.5, 0.6) is 5.88 Å². The molecule has 0 radical (unpaired) electrons. The summed E-state index contributed by atoms with van der Waals surface area (Å²) in [6.45, 7) is 5.20. The smallest absolute Gasteiger partial charge is 0.215 e. The van der Waals surface area contributed by atoms with E-state index in [1.54, 1.807) is 7.11 Å². The van der Waals surface area contributed by atoms with Crippen LogP contribution in [0.25, 0.3) is 11.2 Å². The first-order chi connectivity index (χ1) is 9.00. The highest BCUT2D eigenvalue weighted by Gasteiger charge is 2.21. The van der Waals surface area contributed by atoms with Gasteiger partial charge in [-0.1, -0.05) is 0 Å². The number of aromatic nitrogens is 3. The van der Waals surface area contributed by atoms with Crippen molar-refractivity contribution in [2.75, 3.05) is 13.4 Å². The van der Waals surface area contributed by atoms with Gasteiger partial charge in [-0.2, -0.15) is 16.7 Å². The summed E-state index contributed by atoms with van der Waals surface area (Å²) < 4.78 is 7.37. The number of hydrogen-bond acceptors (Lipinski definition) is 4. The van der Waals surface area contributed by atoms with Crippen molar-refractivity contribution in [2.45, 2.75) is 31.0 Å². The normalized spacial score (nSPS) is 12.1. The third-order valence-electron chi connectivity index (χ3n) is 3.07. The topological polar surface area (TPSA) is 39.9 Å². The first kappa shape index (κ1) is 14.5. The lowest BCUT2D eigenvalue weighted by molar-refractivity contribution is 0.398. The number of rotatable bonds is 5. The van der Waals surface area contributed by atoms with Crippen LogP contribution in [0.2, 0.25) is 0 Å². The standard InChI is InChI=1S/C13H18ClN3OS/c1-13(2,19-4)8-17-10(7-14)15-9-5-6-11(18-3)16-12(9)17/h5-6H,7-8H2,1-4H3. The van der Waals surface area contributed by atoms with E-state index in [4.69, 9.17) is 16.3 Å². The number of thioether (sulfide) groups is 1. The highest BCUT2D eigenvalue weighted by Crippen LogP contribution is 2.27. The van der Waals surface area contributed by atoms with E-state index in [0.717, 1.165) is 23.5 Å². The molecule has 0 bridgehead atoms. The molecule has 4 nitrogen and oxygen atoms in total. The molecule has 0 saturated heterocycles. The highest BCUT2D eigenvalue weighted by molar-refractivity contribution is 7.99. The molecule has 0 saturated carbocycles. The molecule has 0 N–H and O–H groups in total. The number of hydrogen-bond donors (Lipinski definition) is 0. The molecular weight excluding hydrogens is 282 g/mol. The zero-order chi connectivity index (χ0) is 14.0. The Kier molecular flexibility index (Phi) is 4.26. The lowest BCUT2D eigenvalue weighted by atomic mass is 10.2.